The lowest BCUT2D eigenvalue weighted by Crippen LogP contribution is -2.15. The quantitative estimate of drug-likeness (QED) is 0.746. The van der Waals surface area contributed by atoms with Crippen LogP contribution in [0.15, 0.2) is 42.5 Å². The number of nitrogens with one attached hydrogen (secondary N) is 1. The van der Waals surface area contributed by atoms with Crippen LogP contribution in [0, 0.1) is 0 Å². The molecule has 17 heavy (non-hydrogen) atoms. The van der Waals surface area contributed by atoms with Gasteiger partial charge in [0.2, 0.25) is 0 Å². The van der Waals surface area contributed by atoms with Crippen molar-refractivity contribution in [3.8, 4) is 0 Å². The van der Waals surface area contributed by atoms with Crippen LogP contribution < -0.4 is 5.32 Å². The molecule has 0 aliphatic heterocycles. The Morgan fingerprint density at radius 2 is 1.76 bits per heavy atom. The van der Waals surface area contributed by atoms with Gasteiger partial charge in [0.25, 0.3) is 0 Å². The number of unbranched alkanes of at least 4 members (excludes halogenated alkanes) is 1. The van der Waals surface area contributed by atoms with E-state index in [0.717, 1.165) is 25.9 Å². The van der Waals surface area contributed by atoms with Gasteiger partial charge in [0.15, 0.2) is 0 Å². The van der Waals surface area contributed by atoms with E-state index in [-0.39, 0.29) is 6.61 Å². The molecule has 2 nitrogen and oxygen atoms in total. The van der Waals surface area contributed by atoms with Gasteiger partial charge in [0, 0.05) is 13.2 Å². The standard InChI is InChI=1S/C15H19NO/c17-11-4-3-10-16-12-14-8-5-7-13-6-1-2-9-15(13)14/h1-2,5-9,16-17H,3-4,10-12H2. The molecule has 0 aliphatic rings. The second-order valence-electron chi connectivity index (χ2n) is 4.25. The molecule has 0 amide bonds. The van der Waals surface area contributed by atoms with Crippen LogP contribution >= 0.6 is 0 Å². The van der Waals surface area contributed by atoms with Gasteiger partial charge in [-0.15, -0.1) is 0 Å². The van der Waals surface area contributed by atoms with Crippen molar-refractivity contribution in [2.45, 2.75) is 19.4 Å². The van der Waals surface area contributed by atoms with Crippen LogP contribution in [-0.2, 0) is 6.54 Å². The van der Waals surface area contributed by atoms with Gasteiger partial charge in [-0.05, 0) is 35.7 Å². The van der Waals surface area contributed by atoms with E-state index in [1.807, 2.05) is 0 Å². The van der Waals surface area contributed by atoms with E-state index in [1.165, 1.54) is 16.3 Å². The second kappa shape index (κ2) is 6.38. The first-order chi connectivity index (χ1) is 8.42. The summed E-state index contributed by atoms with van der Waals surface area (Å²) in [5.41, 5.74) is 1.34. The summed E-state index contributed by atoms with van der Waals surface area (Å²) in [5, 5.41) is 14.7. The number of aliphatic hydroxyl groups is 1. The average molecular weight is 229 g/mol. The van der Waals surface area contributed by atoms with Crippen LogP contribution in [0.5, 0.6) is 0 Å². The molecule has 2 N–H and O–H groups in total. The SMILES string of the molecule is OCCCCNCc1cccc2ccccc12. The number of fused-ring (bicyclic) bond motifs is 1. The molecule has 0 saturated heterocycles. The Bertz CT molecular complexity index is 462. The Labute approximate surface area is 102 Å². The third kappa shape index (κ3) is 3.29. The number of hydrogen-bond donors (Lipinski definition) is 2. The van der Waals surface area contributed by atoms with Gasteiger partial charge in [0.05, 0.1) is 0 Å². The third-order valence-corrected chi connectivity index (χ3v) is 2.96. The molecule has 0 radical (unpaired) electrons. The maximum absolute atomic E-state index is 8.70. The molecule has 2 aromatic carbocycles. The minimum atomic E-state index is 0.288. The molecule has 0 heterocycles. The highest BCUT2D eigenvalue weighted by Gasteiger charge is 1.99. The number of rotatable bonds is 6. The predicted molar refractivity (Wildman–Crippen MR) is 72.0 cm³/mol. The van der Waals surface area contributed by atoms with Crippen molar-refractivity contribution in [3.05, 3.63) is 48.0 Å². The van der Waals surface area contributed by atoms with Crippen molar-refractivity contribution in [2.75, 3.05) is 13.2 Å². The number of hydrogen-bond acceptors (Lipinski definition) is 2. The van der Waals surface area contributed by atoms with Crippen molar-refractivity contribution in [1.82, 2.24) is 5.32 Å². The molecule has 0 saturated carbocycles. The lowest BCUT2D eigenvalue weighted by molar-refractivity contribution is 0.283. The first-order valence-corrected chi connectivity index (χ1v) is 6.20. The van der Waals surface area contributed by atoms with Crippen molar-refractivity contribution < 1.29 is 5.11 Å². The normalized spacial score (nSPS) is 10.9. The maximum Gasteiger partial charge on any atom is 0.0431 e. The van der Waals surface area contributed by atoms with Crippen molar-refractivity contribution in [2.24, 2.45) is 0 Å². The van der Waals surface area contributed by atoms with Crippen molar-refractivity contribution in [1.29, 1.82) is 0 Å². The van der Waals surface area contributed by atoms with Crippen molar-refractivity contribution >= 4 is 10.8 Å². The topological polar surface area (TPSA) is 32.3 Å². The molecule has 2 heteroatoms. The first kappa shape index (κ1) is 12.1. The van der Waals surface area contributed by atoms with Gasteiger partial charge >= 0.3 is 0 Å². The number of aliphatic hydroxyl groups excluding tert-OH is 1. The third-order valence-electron chi connectivity index (χ3n) is 2.96. The van der Waals surface area contributed by atoms with E-state index < -0.39 is 0 Å². The maximum atomic E-state index is 8.70. The van der Waals surface area contributed by atoms with E-state index in [1.54, 1.807) is 0 Å². The molecule has 0 aromatic heterocycles. The van der Waals surface area contributed by atoms with E-state index in [0.29, 0.717) is 0 Å². The highest BCUT2D eigenvalue weighted by molar-refractivity contribution is 5.85. The molecule has 0 aliphatic carbocycles. The fourth-order valence-electron chi connectivity index (χ4n) is 2.03. The summed E-state index contributed by atoms with van der Waals surface area (Å²) < 4.78 is 0. The van der Waals surface area contributed by atoms with Gasteiger partial charge in [-0.2, -0.15) is 0 Å². The van der Waals surface area contributed by atoms with Crippen LogP contribution in [0.2, 0.25) is 0 Å². The van der Waals surface area contributed by atoms with Gasteiger partial charge < -0.3 is 10.4 Å². The minimum absolute atomic E-state index is 0.288. The van der Waals surface area contributed by atoms with E-state index in [4.69, 9.17) is 5.11 Å². The summed E-state index contributed by atoms with van der Waals surface area (Å²) in [6, 6.07) is 14.9. The highest BCUT2D eigenvalue weighted by Crippen LogP contribution is 2.18. The van der Waals surface area contributed by atoms with Gasteiger partial charge in [0.1, 0.15) is 0 Å². The van der Waals surface area contributed by atoms with Gasteiger partial charge in [-0.3, -0.25) is 0 Å². The Morgan fingerprint density at radius 1 is 0.941 bits per heavy atom. The average Bonchev–Trinajstić information content (AvgIpc) is 2.39. The molecule has 2 rings (SSSR count). The van der Waals surface area contributed by atoms with Crippen LogP contribution in [0.25, 0.3) is 10.8 Å². The highest BCUT2D eigenvalue weighted by atomic mass is 16.2. The van der Waals surface area contributed by atoms with Crippen LogP contribution in [0.4, 0.5) is 0 Å². The Morgan fingerprint density at radius 3 is 2.65 bits per heavy atom. The van der Waals surface area contributed by atoms with Crippen molar-refractivity contribution in [3.63, 3.8) is 0 Å². The van der Waals surface area contributed by atoms with Gasteiger partial charge in [-0.1, -0.05) is 42.5 Å². The molecular weight excluding hydrogens is 210 g/mol. The molecule has 2 aromatic rings. The number of benzene rings is 2. The molecule has 0 unspecified atom stereocenters. The molecule has 0 spiro atoms. The van der Waals surface area contributed by atoms with Crippen LogP contribution in [0.3, 0.4) is 0 Å². The molecule has 0 atom stereocenters. The minimum Gasteiger partial charge on any atom is -0.396 e. The zero-order chi connectivity index (χ0) is 11.9. The van der Waals surface area contributed by atoms with E-state index in [2.05, 4.69) is 47.8 Å². The summed E-state index contributed by atoms with van der Waals surface area (Å²) in [4.78, 5) is 0. The summed E-state index contributed by atoms with van der Waals surface area (Å²) in [6.45, 7) is 2.15. The molecule has 90 valence electrons. The van der Waals surface area contributed by atoms with E-state index >= 15 is 0 Å². The Balaban J connectivity index is 1.98. The zero-order valence-corrected chi connectivity index (χ0v) is 10.0. The van der Waals surface area contributed by atoms with E-state index in [9.17, 15) is 0 Å². The lowest BCUT2D eigenvalue weighted by Gasteiger charge is -2.07. The van der Waals surface area contributed by atoms with Crippen LogP contribution in [-0.4, -0.2) is 18.3 Å². The molecule has 0 bridgehead atoms. The lowest BCUT2D eigenvalue weighted by atomic mass is 10.0. The Kier molecular flexibility index (Phi) is 4.54. The summed E-state index contributed by atoms with van der Waals surface area (Å²) in [6.07, 6.45) is 1.91. The summed E-state index contributed by atoms with van der Waals surface area (Å²) in [7, 11) is 0. The zero-order valence-electron chi connectivity index (χ0n) is 10.0. The van der Waals surface area contributed by atoms with Gasteiger partial charge in [-0.25, -0.2) is 0 Å². The summed E-state index contributed by atoms with van der Waals surface area (Å²) >= 11 is 0. The fraction of sp³-hybridized carbons (Fsp3) is 0.333. The summed E-state index contributed by atoms with van der Waals surface area (Å²) in [5.74, 6) is 0. The predicted octanol–water partition coefficient (Wildman–Crippen LogP) is 2.70. The monoisotopic (exact) mass is 229 g/mol. The molecule has 0 fully saturated rings. The second-order valence-corrected chi connectivity index (χ2v) is 4.25. The molecular formula is C15H19NO. The van der Waals surface area contributed by atoms with Crippen LogP contribution in [0.1, 0.15) is 18.4 Å². The smallest absolute Gasteiger partial charge is 0.0431 e. The Hall–Kier alpha value is -1.38. The largest absolute Gasteiger partial charge is 0.396 e. The first-order valence-electron chi connectivity index (χ1n) is 6.20. The fourth-order valence-corrected chi connectivity index (χ4v) is 2.03.